The van der Waals surface area contributed by atoms with Gasteiger partial charge in [-0.2, -0.15) is 0 Å². The quantitative estimate of drug-likeness (QED) is 0.741. The van der Waals surface area contributed by atoms with Gasteiger partial charge in [-0.3, -0.25) is 4.90 Å². The summed E-state index contributed by atoms with van der Waals surface area (Å²) < 4.78 is 5.81. The molecular formula is C14H30N2O. The number of nitrogens with one attached hydrogen (secondary N) is 1. The standard InChI is InChI=1S/C14H30N2O/c1-6-15-13(11-17-12(2)3)14(4,5)16-9-7-8-10-16/h12-13,15H,6-11H2,1-5H3. The molecule has 1 aliphatic heterocycles. The van der Waals surface area contributed by atoms with E-state index in [4.69, 9.17) is 4.74 Å². The van der Waals surface area contributed by atoms with E-state index in [2.05, 4.69) is 44.8 Å². The Morgan fingerprint density at radius 1 is 1.24 bits per heavy atom. The third-order valence-electron chi connectivity index (χ3n) is 3.82. The van der Waals surface area contributed by atoms with Gasteiger partial charge in [0, 0.05) is 11.6 Å². The molecule has 0 aromatic carbocycles. The molecule has 0 saturated carbocycles. The molecule has 1 saturated heterocycles. The van der Waals surface area contributed by atoms with Crippen LogP contribution in [0, 0.1) is 0 Å². The first kappa shape index (κ1) is 14.9. The molecule has 1 atom stereocenters. The van der Waals surface area contributed by atoms with E-state index in [0.717, 1.165) is 13.2 Å². The van der Waals surface area contributed by atoms with Gasteiger partial charge in [0.15, 0.2) is 0 Å². The highest BCUT2D eigenvalue weighted by atomic mass is 16.5. The summed E-state index contributed by atoms with van der Waals surface area (Å²) in [6.07, 6.45) is 2.99. The number of nitrogens with zero attached hydrogens (tertiary/aromatic N) is 1. The Balaban J connectivity index is 2.59. The first-order valence-corrected chi connectivity index (χ1v) is 7.08. The largest absolute Gasteiger partial charge is 0.377 e. The molecule has 0 aliphatic carbocycles. The summed E-state index contributed by atoms with van der Waals surface area (Å²) in [5.74, 6) is 0. The van der Waals surface area contributed by atoms with Crippen molar-refractivity contribution in [3.8, 4) is 0 Å². The molecule has 0 spiro atoms. The van der Waals surface area contributed by atoms with Crippen LogP contribution in [0.2, 0.25) is 0 Å². The van der Waals surface area contributed by atoms with Crippen molar-refractivity contribution in [2.45, 2.75) is 65.1 Å². The maximum Gasteiger partial charge on any atom is 0.0641 e. The normalized spacial score (nSPS) is 20.1. The lowest BCUT2D eigenvalue weighted by Crippen LogP contribution is -2.59. The van der Waals surface area contributed by atoms with Crippen LogP contribution in [0.25, 0.3) is 0 Å². The molecule has 0 amide bonds. The van der Waals surface area contributed by atoms with Crippen molar-refractivity contribution in [1.29, 1.82) is 0 Å². The van der Waals surface area contributed by atoms with Crippen LogP contribution in [0.5, 0.6) is 0 Å². The summed E-state index contributed by atoms with van der Waals surface area (Å²) in [5, 5.41) is 3.59. The summed E-state index contributed by atoms with van der Waals surface area (Å²) in [7, 11) is 0. The fourth-order valence-corrected chi connectivity index (χ4v) is 2.56. The zero-order chi connectivity index (χ0) is 12.9. The predicted octanol–water partition coefficient (Wildman–Crippen LogP) is 2.26. The van der Waals surface area contributed by atoms with E-state index in [1.54, 1.807) is 0 Å². The van der Waals surface area contributed by atoms with Crippen LogP contribution in [-0.2, 0) is 4.74 Å². The van der Waals surface area contributed by atoms with Crippen molar-refractivity contribution in [3.05, 3.63) is 0 Å². The Labute approximate surface area is 107 Å². The monoisotopic (exact) mass is 242 g/mol. The van der Waals surface area contributed by atoms with Gasteiger partial charge in [0.25, 0.3) is 0 Å². The average Bonchev–Trinajstić information content (AvgIpc) is 2.77. The van der Waals surface area contributed by atoms with Crippen LogP contribution in [0.3, 0.4) is 0 Å². The minimum atomic E-state index is 0.182. The molecule has 1 aliphatic rings. The lowest BCUT2D eigenvalue weighted by molar-refractivity contribution is 0.0119. The van der Waals surface area contributed by atoms with Gasteiger partial charge in [0.1, 0.15) is 0 Å². The highest BCUT2D eigenvalue weighted by Gasteiger charge is 2.36. The van der Waals surface area contributed by atoms with Crippen LogP contribution in [-0.4, -0.2) is 48.8 Å². The highest BCUT2D eigenvalue weighted by molar-refractivity contribution is 4.95. The Kier molecular flexibility index (Phi) is 5.90. The number of likely N-dealkylation sites (tertiary alicyclic amines) is 1. The second-order valence-corrected chi connectivity index (χ2v) is 5.84. The lowest BCUT2D eigenvalue weighted by Gasteiger charge is -2.42. The molecule has 3 nitrogen and oxygen atoms in total. The summed E-state index contributed by atoms with van der Waals surface area (Å²) in [4.78, 5) is 2.60. The first-order valence-electron chi connectivity index (χ1n) is 7.08. The van der Waals surface area contributed by atoms with Gasteiger partial charge in [-0.15, -0.1) is 0 Å². The van der Waals surface area contributed by atoms with E-state index in [9.17, 15) is 0 Å². The Hall–Kier alpha value is -0.120. The number of hydrogen-bond acceptors (Lipinski definition) is 3. The molecular weight excluding hydrogens is 212 g/mol. The molecule has 0 aromatic rings. The van der Waals surface area contributed by atoms with E-state index >= 15 is 0 Å². The molecule has 1 N–H and O–H groups in total. The number of hydrogen-bond donors (Lipinski definition) is 1. The van der Waals surface area contributed by atoms with Crippen LogP contribution < -0.4 is 5.32 Å². The topological polar surface area (TPSA) is 24.5 Å². The smallest absolute Gasteiger partial charge is 0.0641 e. The van der Waals surface area contributed by atoms with Gasteiger partial charge >= 0.3 is 0 Å². The minimum absolute atomic E-state index is 0.182. The fourth-order valence-electron chi connectivity index (χ4n) is 2.56. The van der Waals surface area contributed by atoms with Crippen molar-refractivity contribution < 1.29 is 4.74 Å². The molecule has 17 heavy (non-hydrogen) atoms. The van der Waals surface area contributed by atoms with E-state index in [0.29, 0.717) is 12.1 Å². The van der Waals surface area contributed by atoms with Crippen LogP contribution in [0.15, 0.2) is 0 Å². The van der Waals surface area contributed by atoms with E-state index < -0.39 is 0 Å². The van der Waals surface area contributed by atoms with Gasteiger partial charge in [0.05, 0.1) is 12.7 Å². The average molecular weight is 242 g/mol. The van der Waals surface area contributed by atoms with Gasteiger partial charge in [0.2, 0.25) is 0 Å². The molecule has 0 aromatic heterocycles. The Morgan fingerprint density at radius 3 is 2.29 bits per heavy atom. The van der Waals surface area contributed by atoms with E-state index in [1.807, 2.05) is 0 Å². The molecule has 1 unspecified atom stereocenters. The third kappa shape index (κ3) is 4.23. The predicted molar refractivity (Wildman–Crippen MR) is 73.4 cm³/mol. The van der Waals surface area contributed by atoms with Crippen molar-refractivity contribution in [2.24, 2.45) is 0 Å². The lowest BCUT2D eigenvalue weighted by atomic mass is 9.93. The molecule has 1 fully saturated rings. The molecule has 3 heteroatoms. The van der Waals surface area contributed by atoms with Crippen molar-refractivity contribution in [2.75, 3.05) is 26.2 Å². The van der Waals surface area contributed by atoms with Crippen LogP contribution in [0.1, 0.15) is 47.5 Å². The summed E-state index contributed by atoms with van der Waals surface area (Å²) in [6.45, 7) is 15.3. The number of ether oxygens (including phenoxy) is 1. The van der Waals surface area contributed by atoms with Crippen LogP contribution in [0.4, 0.5) is 0 Å². The highest BCUT2D eigenvalue weighted by Crippen LogP contribution is 2.24. The van der Waals surface area contributed by atoms with Gasteiger partial charge in [-0.05, 0) is 60.2 Å². The molecule has 1 rings (SSSR count). The van der Waals surface area contributed by atoms with E-state index in [1.165, 1.54) is 25.9 Å². The minimum Gasteiger partial charge on any atom is -0.377 e. The second kappa shape index (κ2) is 6.72. The van der Waals surface area contributed by atoms with Crippen LogP contribution >= 0.6 is 0 Å². The maximum atomic E-state index is 5.81. The van der Waals surface area contributed by atoms with E-state index in [-0.39, 0.29) is 5.54 Å². The Morgan fingerprint density at radius 2 is 1.82 bits per heavy atom. The maximum absolute atomic E-state index is 5.81. The van der Waals surface area contributed by atoms with Gasteiger partial charge < -0.3 is 10.1 Å². The molecule has 0 radical (unpaired) electrons. The first-order chi connectivity index (χ1) is 7.98. The summed E-state index contributed by atoms with van der Waals surface area (Å²) in [6, 6.07) is 0.410. The SMILES string of the molecule is CCNC(COC(C)C)C(C)(C)N1CCCC1. The zero-order valence-corrected chi connectivity index (χ0v) is 12.3. The van der Waals surface area contributed by atoms with Crippen molar-refractivity contribution in [1.82, 2.24) is 10.2 Å². The Bertz CT molecular complexity index is 210. The molecule has 1 heterocycles. The summed E-state index contributed by atoms with van der Waals surface area (Å²) >= 11 is 0. The fraction of sp³-hybridized carbons (Fsp3) is 1.00. The third-order valence-corrected chi connectivity index (χ3v) is 3.82. The molecule has 102 valence electrons. The van der Waals surface area contributed by atoms with Gasteiger partial charge in [-0.25, -0.2) is 0 Å². The summed E-state index contributed by atoms with van der Waals surface area (Å²) in [5.41, 5.74) is 0.182. The van der Waals surface area contributed by atoms with Crippen molar-refractivity contribution >= 4 is 0 Å². The zero-order valence-electron chi connectivity index (χ0n) is 12.3. The number of likely N-dealkylation sites (N-methyl/N-ethyl adjacent to an activating group) is 1. The van der Waals surface area contributed by atoms with Gasteiger partial charge in [-0.1, -0.05) is 6.92 Å². The van der Waals surface area contributed by atoms with Crippen molar-refractivity contribution in [3.63, 3.8) is 0 Å². The second-order valence-electron chi connectivity index (χ2n) is 5.84. The molecule has 0 bridgehead atoms. The number of rotatable bonds is 7.